The predicted molar refractivity (Wildman–Crippen MR) is 121 cm³/mol. The number of carbonyl (C=O) groups excluding carboxylic acids is 2. The quantitative estimate of drug-likeness (QED) is 0.496. The van der Waals surface area contributed by atoms with Crippen LogP contribution >= 0.6 is 11.8 Å². The van der Waals surface area contributed by atoms with Gasteiger partial charge in [0.25, 0.3) is 5.24 Å². The molecule has 0 N–H and O–H groups in total. The molecule has 1 saturated heterocycles. The second-order valence-corrected chi connectivity index (χ2v) is 8.40. The molecule has 0 unspecified atom stereocenters. The number of benzene rings is 3. The number of nitrogens with zero attached hydrogens (tertiary/aromatic N) is 1. The molecule has 1 fully saturated rings. The van der Waals surface area contributed by atoms with Gasteiger partial charge >= 0.3 is 0 Å². The minimum Gasteiger partial charge on any atom is -0.493 e. The van der Waals surface area contributed by atoms with Gasteiger partial charge < -0.3 is 9.47 Å². The summed E-state index contributed by atoms with van der Waals surface area (Å²) >= 11 is 1.09. The number of amides is 2. The van der Waals surface area contributed by atoms with Gasteiger partial charge in [0.1, 0.15) is 6.61 Å². The Balaban J connectivity index is 1.41. The monoisotopic (exact) mass is 433 g/mol. The van der Waals surface area contributed by atoms with Crippen molar-refractivity contribution in [3.05, 3.63) is 95.6 Å². The summed E-state index contributed by atoms with van der Waals surface area (Å²) in [6.45, 7) is 0.744. The largest absolute Gasteiger partial charge is 0.493 e. The van der Waals surface area contributed by atoms with Crippen molar-refractivity contribution in [2.75, 3.05) is 7.11 Å². The van der Waals surface area contributed by atoms with Crippen molar-refractivity contribution in [2.24, 2.45) is 0 Å². The molecule has 2 amide bonds. The zero-order valence-corrected chi connectivity index (χ0v) is 18.0. The van der Waals surface area contributed by atoms with Gasteiger partial charge in [0.2, 0.25) is 5.91 Å². The molecule has 0 bridgehead atoms. The highest BCUT2D eigenvalue weighted by Gasteiger charge is 2.39. The molecule has 3 aromatic rings. The van der Waals surface area contributed by atoms with Gasteiger partial charge in [0.05, 0.1) is 18.9 Å². The first kappa shape index (κ1) is 21.0. The van der Waals surface area contributed by atoms with E-state index in [4.69, 9.17) is 9.47 Å². The first-order valence-electron chi connectivity index (χ1n) is 10.0. The van der Waals surface area contributed by atoms with E-state index in [1.807, 2.05) is 78.9 Å². The molecule has 1 aliphatic rings. The minimum atomic E-state index is -0.433. The summed E-state index contributed by atoms with van der Waals surface area (Å²) in [5.74, 6) is 1.10. The molecule has 0 saturated carbocycles. The average Bonchev–Trinajstić information content (AvgIpc) is 3.06. The summed E-state index contributed by atoms with van der Waals surface area (Å²) in [6, 6.07) is 25.1. The number of ether oxygens (including phenoxy) is 2. The number of rotatable bonds is 8. The fourth-order valence-electron chi connectivity index (χ4n) is 3.44. The van der Waals surface area contributed by atoms with Crippen LogP contribution in [0.4, 0.5) is 4.79 Å². The lowest BCUT2D eigenvalue weighted by Crippen LogP contribution is -2.31. The molecule has 4 rings (SSSR count). The normalized spacial score (nSPS) is 15.9. The minimum absolute atomic E-state index is 0.151. The third-order valence-electron chi connectivity index (χ3n) is 5.07. The molecule has 158 valence electrons. The van der Waals surface area contributed by atoms with Crippen molar-refractivity contribution in [1.82, 2.24) is 4.90 Å². The van der Waals surface area contributed by atoms with Gasteiger partial charge in [-0.15, -0.1) is 0 Å². The second kappa shape index (κ2) is 9.71. The smallest absolute Gasteiger partial charge is 0.289 e. The van der Waals surface area contributed by atoms with Gasteiger partial charge in [-0.2, -0.15) is 0 Å². The highest BCUT2D eigenvalue weighted by Crippen LogP contribution is 2.34. The van der Waals surface area contributed by atoms with E-state index in [2.05, 4.69) is 0 Å². The molecule has 1 atom stereocenters. The molecule has 0 aliphatic carbocycles. The molecule has 0 aromatic heterocycles. The Kier molecular flexibility index (Phi) is 6.57. The van der Waals surface area contributed by atoms with Crippen LogP contribution in [0.25, 0.3) is 0 Å². The molecule has 1 heterocycles. The highest BCUT2D eigenvalue weighted by atomic mass is 32.2. The van der Waals surface area contributed by atoms with Gasteiger partial charge in [-0.1, -0.05) is 78.5 Å². The van der Waals surface area contributed by atoms with E-state index in [1.54, 1.807) is 7.11 Å². The van der Waals surface area contributed by atoms with E-state index in [0.717, 1.165) is 28.5 Å². The number of methoxy groups -OCH3 is 1. The molecule has 3 aromatic carbocycles. The van der Waals surface area contributed by atoms with E-state index in [9.17, 15) is 9.59 Å². The second-order valence-electron chi connectivity index (χ2n) is 7.25. The van der Waals surface area contributed by atoms with Crippen LogP contribution in [0, 0.1) is 0 Å². The van der Waals surface area contributed by atoms with Gasteiger partial charge in [-0.3, -0.25) is 14.5 Å². The lowest BCUT2D eigenvalue weighted by molar-refractivity contribution is -0.127. The fourth-order valence-corrected chi connectivity index (χ4v) is 4.47. The van der Waals surface area contributed by atoms with Gasteiger partial charge in [0, 0.05) is 0 Å². The number of hydrogen-bond acceptors (Lipinski definition) is 5. The number of hydrogen-bond donors (Lipinski definition) is 0. The fraction of sp³-hybridized carbons (Fsp3) is 0.200. The maximum absolute atomic E-state index is 12.8. The van der Waals surface area contributed by atoms with Crippen molar-refractivity contribution in [1.29, 1.82) is 0 Å². The summed E-state index contributed by atoms with van der Waals surface area (Å²) in [5, 5.41) is -0.634. The average molecular weight is 434 g/mol. The van der Waals surface area contributed by atoms with Crippen LogP contribution in [0.5, 0.6) is 11.5 Å². The molecule has 31 heavy (non-hydrogen) atoms. The molecule has 0 radical (unpaired) electrons. The summed E-state index contributed by atoms with van der Waals surface area (Å²) < 4.78 is 11.4. The summed E-state index contributed by atoms with van der Waals surface area (Å²) in [5.41, 5.74) is 2.93. The van der Waals surface area contributed by atoms with Crippen molar-refractivity contribution < 1.29 is 19.1 Å². The zero-order valence-electron chi connectivity index (χ0n) is 17.2. The maximum Gasteiger partial charge on any atom is 0.289 e. The predicted octanol–water partition coefficient (Wildman–Crippen LogP) is 5.08. The lowest BCUT2D eigenvalue weighted by Gasteiger charge is -2.15. The zero-order chi connectivity index (χ0) is 21.6. The number of imide groups is 1. The van der Waals surface area contributed by atoms with Crippen LogP contribution in [-0.2, 0) is 24.4 Å². The molecular weight excluding hydrogens is 410 g/mol. The van der Waals surface area contributed by atoms with E-state index in [0.29, 0.717) is 31.1 Å². The molecule has 1 aliphatic heterocycles. The maximum atomic E-state index is 12.8. The van der Waals surface area contributed by atoms with Gasteiger partial charge in [0.15, 0.2) is 11.5 Å². The number of thioether (sulfide) groups is 1. The SMILES string of the molecule is COc1cc(C[C@@H]2SC(=O)N(Cc3ccccc3)C2=O)ccc1OCc1ccccc1. The summed E-state index contributed by atoms with van der Waals surface area (Å²) in [6.07, 6.45) is 0.454. The molecular formula is C25H23NO4S. The van der Waals surface area contributed by atoms with Crippen LogP contribution in [-0.4, -0.2) is 28.4 Å². The Morgan fingerprint density at radius 1 is 0.839 bits per heavy atom. The van der Waals surface area contributed by atoms with Crippen molar-refractivity contribution in [3.8, 4) is 11.5 Å². The Bertz CT molecular complexity index is 1060. The molecule has 6 heteroatoms. The van der Waals surface area contributed by atoms with E-state index >= 15 is 0 Å². The summed E-state index contributed by atoms with van der Waals surface area (Å²) in [7, 11) is 1.59. The van der Waals surface area contributed by atoms with Crippen LogP contribution < -0.4 is 9.47 Å². The topological polar surface area (TPSA) is 55.8 Å². The highest BCUT2D eigenvalue weighted by molar-refractivity contribution is 8.15. The van der Waals surface area contributed by atoms with Crippen LogP contribution in [0.1, 0.15) is 16.7 Å². The van der Waals surface area contributed by atoms with E-state index in [-0.39, 0.29) is 11.1 Å². The Morgan fingerprint density at radius 2 is 1.52 bits per heavy atom. The van der Waals surface area contributed by atoms with Crippen molar-refractivity contribution in [3.63, 3.8) is 0 Å². The van der Waals surface area contributed by atoms with Crippen LogP contribution in [0.2, 0.25) is 0 Å². The Hall–Kier alpha value is -3.25. The Labute approximate surface area is 186 Å². The van der Waals surface area contributed by atoms with Crippen molar-refractivity contribution >= 4 is 22.9 Å². The standard InChI is InChI=1S/C25H23NO4S/c1-29-22-14-20(12-13-21(22)30-17-19-10-6-3-7-11-19)15-23-24(27)26(25(28)31-23)16-18-8-4-2-5-9-18/h2-14,23H,15-17H2,1H3/t23-/m0/s1. The third-order valence-corrected chi connectivity index (χ3v) is 6.15. The van der Waals surface area contributed by atoms with E-state index in [1.165, 1.54) is 4.90 Å². The van der Waals surface area contributed by atoms with Crippen LogP contribution in [0.15, 0.2) is 78.9 Å². The Morgan fingerprint density at radius 3 is 2.19 bits per heavy atom. The van der Waals surface area contributed by atoms with Gasteiger partial charge in [-0.25, -0.2) is 0 Å². The first-order chi connectivity index (χ1) is 15.1. The third kappa shape index (κ3) is 5.09. The lowest BCUT2D eigenvalue weighted by atomic mass is 10.1. The van der Waals surface area contributed by atoms with Gasteiger partial charge in [-0.05, 0) is 35.2 Å². The first-order valence-corrected chi connectivity index (χ1v) is 10.9. The van der Waals surface area contributed by atoms with Crippen molar-refractivity contribution in [2.45, 2.75) is 24.8 Å². The van der Waals surface area contributed by atoms with Crippen LogP contribution in [0.3, 0.4) is 0 Å². The van der Waals surface area contributed by atoms with E-state index < -0.39 is 5.25 Å². The summed E-state index contributed by atoms with van der Waals surface area (Å²) in [4.78, 5) is 26.6. The number of carbonyl (C=O) groups is 2. The molecule has 5 nitrogen and oxygen atoms in total. The molecule has 0 spiro atoms.